The third-order valence-corrected chi connectivity index (χ3v) is 9.44. The Morgan fingerprint density at radius 3 is 2.32 bits per heavy atom. The summed E-state index contributed by atoms with van der Waals surface area (Å²) in [6.45, 7) is 3.66. The lowest BCUT2D eigenvalue weighted by atomic mass is 10.1. The zero-order valence-electron chi connectivity index (χ0n) is 23.3. The summed E-state index contributed by atoms with van der Waals surface area (Å²) in [7, 11) is -4.14. The Morgan fingerprint density at radius 2 is 1.68 bits per heavy atom. The van der Waals surface area contributed by atoms with Gasteiger partial charge >= 0.3 is 0 Å². The summed E-state index contributed by atoms with van der Waals surface area (Å²) in [6.07, 6.45) is 3.96. The Balaban J connectivity index is 1.66. The van der Waals surface area contributed by atoms with Crippen LogP contribution in [0.5, 0.6) is 5.75 Å². The van der Waals surface area contributed by atoms with Crippen LogP contribution < -0.4 is 14.4 Å². The van der Waals surface area contributed by atoms with Gasteiger partial charge in [-0.05, 0) is 80.8 Å². The molecular formula is C31H36BrN3O5S. The minimum absolute atomic E-state index is 0.0307. The van der Waals surface area contributed by atoms with E-state index in [1.165, 1.54) is 17.0 Å². The van der Waals surface area contributed by atoms with Gasteiger partial charge in [-0.15, -0.1) is 0 Å². The lowest BCUT2D eigenvalue weighted by Gasteiger charge is -2.32. The van der Waals surface area contributed by atoms with Crippen molar-refractivity contribution in [3.63, 3.8) is 0 Å². The van der Waals surface area contributed by atoms with Crippen molar-refractivity contribution in [3.8, 4) is 5.75 Å². The number of amides is 2. The Labute approximate surface area is 250 Å². The van der Waals surface area contributed by atoms with Gasteiger partial charge in [0.1, 0.15) is 18.3 Å². The zero-order valence-corrected chi connectivity index (χ0v) is 25.7. The normalized spacial score (nSPS) is 14.3. The highest BCUT2D eigenvalue weighted by Gasteiger charge is 2.33. The van der Waals surface area contributed by atoms with Gasteiger partial charge in [-0.3, -0.25) is 13.9 Å². The molecule has 0 heterocycles. The van der Waals surface area contributed by atoms with Crippen molar-refractivity contribution in [2.45, 2.75) is 63.1 Å². The van der Waals surface area contributed by atoms with Crippen LogP contribution in [0.1, 0.15) is 45.1 Å². The Bertz CT molecular complexity index is 1430. The van der Waals surface area contributed by atoms with Crippen LogP contribution in [-0.4, -0.2) is 50.4 Å². The number of ether oxygens (including phenoxy) is 1. The first-order valence-electron chi connectivity index (χ1n) is 13.8. The van der Waals surface area contributed by atoms with E-state index < -0.39 is 28.5 Å². The molecule has 0 spiro atoms. The van der Waals surface area contributed by atoms with E-state index in [1.807, 2.05) is 31.2 Å². The van der Waals surface area contributed by atoms with Crippen molar-refractivity contribution in [3.05, 3.63) is 88.9 Å². The molecule has 41 heavy (non-hydrogen) atoms. The predicted molar refractivity (Wildman–Crippen MR) is 163 cm³/mol. The molecule has 1 saturated carbocycles. The highest BCUT2D eigenvalue weighted by atomic mass is 79.9. The molecule has 218 valence electrons. The van der Waals surface area contributed by atoms with Crippen molar-refractivity contribution in [2.75, 3.05) is 17.5 Å². The molecule has 1 N–H and O–H groups in total. The molecule has 2 amide bonds. The van der Waals surface area contributed by atoms with Gasteiger partial charge in [0.2, 0.25) is 11.8 Å². The maximum Gasteiger partial charge on any atom is 0.264 e. The number of hydrogen-bond acceptors (Lipinski definition) is 5. The number of carbonyl (C=O) groups is 2. The molecule has 1 atom stereocenters. The average Bonchev–Trinajstić information content (AvgIpc) is 3.48. The van der Waals surface area contributed by atoms with E-state index in [9.17, 15) is 18.0 Å². The fourth-order valence-corrected chi connectivity index (χ4v) is 6.79. The number of benzene rings is 3. The fourth-order valence-electron chi connectivity index (χ4n) is 4.93. The molecule has 1 aliphatic carbocycles. The number of sulfonamides is 1. The molecule has 10 heteroatoms. The van der Waals surface area contributed by atoms with Gasteiger partial charge in [0, 0.05) is 17.1 Å². The van der Waals surface area contributed by atoms with E-state index in [4.69, 9.17) is 4.74 Å². The molecular weight excluding hydrogens is 606 g/mol. The Hall–Kier alpha value is -3.37. The van der Waals surface area contributed by atoms with Crippen LogP contribution >= 0.6 is 15.9 Å². The average molecular weight is 643 g/mol. The number of hydrogen-bond donors (Lipinski definition) is 1. The first kappa shape index (κ1) is 30.6. The second-order valence-electron chi connectivity index (χ2n) is 10.1. The van der Waals surface area contributed by atoms with Gasteiger partial charge in [0.25, 0.3) is 10.0 Å². The van der Waals surface area contributed by atoms with Crippen molar-refractivity contribution < 1.29 is 22.7 Å². The van der Waals surface area contributed by atoms with E-state index in [1.54, 1.807) is 49.4 Å². The highest BCUT2D eigenvalue weighted by molar-refractivity contribution is 9.10. The van der Waals surface area contributed by atoms with Crippen LogP contribution in [0.25, 0.3) is 0 Å². The van der Waals surface area contributed by atoms with Crippen LogP contribution in [0.4, 0.5) is 5.69 Å². The summed E-state index contributed by atoms with van der Waals surface area (Å²) in [5.41, 5.74) is 1.16. The number of nitrogens with one attached hydrogen (secondary N) is 1. The quantitative estimate of drug-likeness (QED) is 0.281. The molecule has 1 aliphatic rings. The van der Waals surface area contributed by atoms with Crippen LogP contribution in [0.2, 0.25) is 0 Å². The summed E-state index contributed by atoms with van der Waals surface area (Å²) in [4.78, 5) is 28.8. The zero-order chi connectivity index (χ0) is 29.4. The first-order chi connectivity index (χ1) is 19.7. The van der Waals surface area contributed by atoms with Gasteiger partial charge in [-0.25, -0.2) is 8.42 Å². The number of anilines is 1. The number of nitrogens with zero attached hydrogens (tertiary/aromatic N) is 2. The van der Waals surface area contributed by atoms with Crippen LogP contribution in [0.15, 0.2) is 88.2 Å². The van der Waals surface area contributed by atoms with Crippen LogP contribution in [0.3, 0.4) is 0 Å². The monoisotopic (exact) mass is 641 g/mol. The van der Waals surface area contributed by atoms with Crippen molar-refractivity contribution in [1.82, 2.24) is 10.2 Å². The summed E-state index contributed by atoms with van der Waals surface area (Å²) in [6, 6.07) is 21.4. The van der Waals surface area contributed by atoms with Gasteiger partial charge in [-0.2, -0.15) is 0 Å². The van der Waals surface area contributed by atoms with Gasteiger partial charge < -0.3 is 15.0 Å². The molecule has 0 radical (unpaired) electrons. The van der Waals surface area contributed by atoms with E-state index in [0.717, 1.165) is 40.0 Å². The molecule has 8 nitrogen and oxygen atoms in total. The molecule has 0 bridgehead atoms. The van der Waals surface area contributed by atoms with Crippen molar-refractivity contribution >= 4 is 43.5 Å². The van der Waals surface area contributed by atoms with E-state index in [-0.39, 0.29) is 23.4 Å². The topological polar surface area (TPSA) is 96.0 Å². The minimum atomic E-state index is -4.14. The highest BCUT2D eigenvalue weighted by Crippen LogP contribution is 2.26. The second-order valence-corrected chi connectivity index (χ2v) is 12.8. The SMILES string of the molecule is CCOc1ccc(S(=O)(=O)N(CC(=O)N(Cc2cccc(Br)c2)C(C)C(=O)NC2CCCC2)c2ccccc2)cc1. The Kier molecular flexibility index (Phi) is 10.4. The van der Waals surface area contributed by atoms with E-state index >= 15 is 0 Å². The van der Waals surface area contributed by atoms with E-state index in [2.05, 4.69) is 21.2 Å². The predicted octanol–water partition coefficient (Wildman–Crippen LogP) is 5.52. The summed E-state index contributed by atoms with van der Waals surface area (Å²) in [5, 5.41) is 3.08. The molecule has 0 aliphatic heterocycles. The molecule has 0 aromatic heterocycles. The van der Waals surface area contributed by atoms with Gasteiger partial charge in [-0.1, -0.05) is 59.1 Å². The Morgan fingerprint density at radius 1 is 1.00 bits per heavy atom. The maximum atomic E-state index is 14.0. The lowest BCUT2D eigenvalue weighted by Crippen LogP contribution is -2.52. The molecule has 1 unspecified atom stereocenters. The largest absolute Gasteiger partial charge is 0.494 e. The maximum absolute atomic E-state index is 14.0. The third-order valence-electron chi connectivity index (χ3n) is 7.16. The second kappa shape index (κ2) is 14.0. The number of halogens is 1. The van der Waals surface area contributed by atoms with E-state index in [0.29, 0.717) is 18.0 Å². The van der Waals surface area contributed by atoms with Gasteiger partial charge in [0.15, 0.2) is 0 Å². The van der Waals surface area contributed by atoms with Crippen molar-refractivity contribution in [1.29, 1.82) is 0 Å². The van der Waals surface area contributed by atoms with Gasteiger partial charge in [0.05, 0.1) is 17.2 Å². The summed E-state index contributed by atoms with van der Waals surface area (Å²) in [5.74, 6) is -0.186. The first-order valence-corrected chi connectivity index (χ1v) is 16.1. The summed E-state index contributed by atoms with van der Waals surface area (Å²) < 4.78 is 35.3. The third kappa shape index (κ3) is 7.89. The van der Waals surface area contributed by atoms with Crippen LogP contribution in [0, 0.1) is 0 Å². The summed E-state index contributed by atoms with van der Waals surface area (Å²) >= 11 is 3.47. The molecule has 4 rings (SSSR count). The number of para-hydroxylation sites is 1. The number of carbonyl (C=O) groups excluding carboxylic acids is 2. The molecule has 3 aromatic rings. The minimum Gasteiger partial charge on any atom is -0.494 e. The molecule has 1 fully saturated rings. The standard InChI is InChI=1S/C31H36BrN3O5S/c1-3-40-28-16-18-29(19-17-28)41(38,39)35(27-14-5-4-6-15-27)22-30(36)34(21-24-10-9-11-25(32)20-24)23(2)31(37)33-26-12-7-8-13-26/h4-6,9-11,14-20,23,26H,3,7-8,12-13,21-22H2,1-2H3,(H,33,37). The lowest BCUT2D eigenvalue weighted by molar-refractivity contribution is -0.139. The fraction of sp³-hybridized carbons (Fsp3) is 0.355. The van der Waals surface area contributed by atoms with Crippen molar-refractivity contribution in [2.24, 2.45) is 0 Å². The molecule has 0 saturated heterocycles. The molecule has 3 aromatic carbocycles. The van der Waals surface area contributed by atoms with Crippen LogP contribution in [-0.2, 0) is 26.2 Å². The smallest absolute Gasteiger partial charge is 0.264 e. The number of rotatable bonds is 12.